The number of piperidine rings is 1. The lowest BCUT2D eigenvalue weighted by Crippen LogP contribution is -2.45. The summed E-state index contributed by atoms with van der Waals surface area (Å²) in [6, 6.07) is 0.516. The highest BCUT2D eigenvalue weighted by atomic mass is 15.3. The maximum Gasteiger partial charge on any atom is 0.225 e. The van der Waals surface area contributed by atoms with Crippen LogP contribution in [0.15, 0.2) is 12.4 Å². The SMILES string of the molecule is CN1CCCC(N(C)c2ncc(CNC(C)(C)C)cn2)C1. The summed E-state index contributed by atoms with van der Waals surface area (Å²) in [4.78, 5) is 13.7. The van der Waals surface area contributed by atoms with Crippen LogP contribution in [0.1, 0.15) is 39.2 Å². The van der Waals surface area contributed by atoms with Gasteiger partial charge in [-0.25, -0.2) is 9.97 Å². The van der Waals surface area contributed by atoms with E-state index in [9.17, 15) is 0 Å². The molecule has 0 radical (unpaired) electrons. The van der Waals surface area contributed by atoms with Gasteiger partial charge in [-0.1, -0.05) is 0 Å². The number of rotatable bonds is 4. The van der Waals surface area contributed by atoms with Gasteiger partial charge < -0.3 is 15.1 Å². The fraction of sp³-hybridized carbons (Fsp3) is 0.750. The van der Waals surface area contributed by atoms with Gasteiger partial charge in [0.1, 0.15) is 0 Å². The summed E-state index contributed by atoms with van der Waals surface area (Å²) in [6.45, 7) is 9.58. The smallest absolute Gasteiger partial charge is 0.225 e. The number of nitrogens with one attached hydrogen (secondary N) is 1. The lowest BCUT2D eigenvalue weighted by molar-refractivity contribution is 0.247. The summed E-state index contributed by atoms with van der Waals surface area (Å²) < 4.78 is 0. The molecule has 1 saturated heterocycles. The first-order valence-electron chi connectivity index (χ1n) is 7.82. The van der Waals surface area contributed by atoms with Crippen molar-refractivity contribution in [2.75, 3.05) is 32.1 Å². The third-order valence-corrected chi connectivity index (χ3v) is 3.98. The second-order valence-corrected chi connectivity index (χ2v) is 7.16. The van der Waals surface area contributed by atoms with Crippen LogP contribution in [0.4, 0.5) is 5.95 Å². The van der Waals surface area contributed by atoms with Gasteiger partial charge in [0, 0.05) is 49.7 Å². The molecule has 118 valence electrons. The summed E-state index contributed by atoms with van der Waals surface area (Å²) in [5, 5.41) is 3.46. The fourth-order valence-corrected chi connectivity index (χ4v) is 2.61. The molecule has 1 fully saturated rings. The van der Waals surface area contributed by atoms with Crippen molar-refractivity contribution in [2.24, 2.45) is 0 Å². The van der Waals surface area contributed by atoms with E-state index in [-0.39, 0.29) is 5.54 Å². The highest BCUT2D eigenvalue weighted by Gasteiger charge is 2.22. The van der Waals surface area contributed by atoms with Gasteiger partial charge in [0.15, 0.2) is 0 Å². The molecule has 1 aromatic rings. The van der Waals surface area contributed by atoms with Crippen LogP contribution in [0, 0.1) is 0 Å². The maximum atomic E-state index is 4.54. The van der Waals surface area contributed by atoms with E-state index in [0.717, 1.165) is 24.6 Å². The Bertz CT molecular complexity index is 437. The summed E-state index contributed by atoms with van der Waals surface area (Å²) >= 11 is 0. The lowest BCUT2D eigenvalue weighted by Gasteiger charge is -2.35. The third-order valence-electron chi connectivity index (χ3n) is 3.98. The molecule has 0 bridgehead atoms. The van der Waals surface area contributed by atoms with E-state index in [1.54, 1.807) is 0 Å². The van der Waals surface area contributed by atoms with Crippen LogP contribution >= 0.6 is 0 Å². The van der Waals surface area contributed by atoms with Gasteiger partial charge in [-0.15, -0.1) is 0 Å². The summed E-state index contributed by atoms with van der Waals surface area (Å²) in [6.07, 6.45) is 6.34. The molecule has 5 heteroatoms. The number of hydrogen-bond donors (Lipinski definition) is 1. The normalized spacial score (nSPS) is 20.5. The van der Waals surface area contributed by atoms with Gasteiger partial charge in [0.25, 0.3) is 0 Å². The highest BCUT2D eigenvalue weighted by Crippen LogP contribution is 2.17. The van der Waals surface area contributed by atoms with Crippen LogP contribution in [0.3, 0.4) is 0 Å². The first kappa shape index (κ1) is 16.2. The molecule has 0 spiro atoms. The molecule has 2 rings (SSSR count). The second-order valence-electron chi connectivity index (χ2n) is 7.16. The number of likely N-dealkylation sites (N-methyl/N-ethyl adjacent to an activating group) is 2. The molecule has 1 aromatic heterocycles. The molecule has 1 atom stereocenters. The molecule has 0 aliphatic carbocycles. The van der Waals surface area contributed by atoms with Gasteiger partial charge in [-0.05, 0) is 47.2 Å². The lowest BCUT2D eigenvalue weighted by atomic mass is 10.1. The Morgan fingerprint density at radius 1 is 1.33 bits per heavy atom. The van der Waals surface area contributed by atoms with Crippen molar-refractivity contribution in [3.63, 3.8) is 0 Å². The van der Waals surface area contributed by atoms with Gasteiger partial charge in [-0.3, -0.25) is 0 Å². The Labute approximate surface area is 128 Å². The number of hydrogen-bond acceptors (Lipinski definition) is 5. The standard InChI is InChI=1S/C16H29N5/c1-16(2,3)19-11-13-9-17-15(18-10-13)21(5)14-7-6-8-20(4)12-14/h9-10,14,19H,6-8,11-12H2,1-5H3. The van der Waals surface area contributed by atoms with Crippen LogP contribution < -0.4 is 10.2 Å². The first-order chi connectivity index (χ1) is 9.85. The molecule has 21 heavy (non-hydrogen) atoms. The quantitative estimate of drug-likeness (QED) is 0.918. The third kappa shape index (κ3) is 4.93. The van der Waals surface area contributed by atoms with Crippen LogP contribution in [-0.2, 0) is 6.54 Å². The molecule has 1 unspecified atom stereocenters. The molecule has 0 amide bonds. The Morgan fingerprint density at radius 3 is 2.57 bits per heavy atom. The zero-order valence-electron chi connectivity index (χ0n) is 14.1. The predicted molar refractivity (Wildman–Crippen MR) is 87.5 cm³/mol. The molecule has 1 aliphatic heterocycles. The predicted octanol–water partition coefficient (Wildman–Crippen LogP) is 1.90. The number of aromatic nitrogens is 2. The van der Waals surface area contributed by atoms with Crippen molar-refractivity contribution in [2.45, 2.75) is 51.7 Å². The minimum Gasteiger partial charge on any atom is -0.340 e. The van der Waals surface area contributed by atoms with Crippen molar-refractivity contribution in [3.8, 4) is 0 Å². The Morgan fingerprint density at radius 2 is 2.00 bits per heavy atom. The maximum absolute atomic E-state index is 4.54. The fourth-order valence-electron chi connectivity index (χ4n) is 2.61. The minimum absolute atomic E-state index is 0.113. The monoisotopic (exact) mass is 291 g/mol. The zero-order chi connectivity index (χ0) is 15.5. The highest BCUT2D eigenvalue weighted by molar-refractivity contribution is 5.30. The van der Waals surface area contributed by atoms with Crippen molar-refractivity contribution >= 4 is 5.95 Å². The van der Waals surface area contributed by atoms with Gasteiger partial charge in [0.05, 0.1) is 0 Å². The average molecular weight is 291 g/mol. The van der Waals surface area contributed by atoms with E-state index >= 15 is 0 Å². The van der Waals surface area contributed by atoms with Crippen molar-refractivity contribution in [1.29, 1.82) is 0 Å². The molecular formula is C16H29N5. The van der Waals surface area contributed by atoms with Crippen LogP contribution in [0.25, 0.3) is 0 Å². The van der Waals surface area contributed by atoms with Crippen LogP contribution in [0.2, 0.25) is 0 Å². The zero-order valence-corrected chi connectivity index (χ0v) is 14.1. The van der Waals surface area contributed by atoms with E-state index in [0.29, 0.717) is 6.04 Å². The first-order valence-corrected chi connectivity index (χ1v) is 7.82. The van der Waals surface area contributed by atoms with Crippen LogP contribution in [0.5, 0.6) is 0 Å². The van der Waals surface area contributed by atoms with E-state index < -0.39 is 0 Å². The van der Waals surface area contributed by atoms with Crippen molar-refractivity contribution < 1.29 is 0 Å². The number of anilines is 1. The molecule has 0 saturated carbocycles. The Balaban J connectivity index is 1.94. The van der Waals surface area contributed by atoms with Gasteiger partial charge in [0.2, 0.25) is 5.95 Å². The molecule has 0 aromatic carbocycles. The number of nitrogens with zero attached hydrogens (tertiary/aromatic N) is 4. The van der Waals surface area contributed by atoms with E-state index in [4.69, 9.17) is 0 Å². The Hall–Kier alpha value is -1.20. The largest absolute Gasteiger partial charge is 0.340 e. The summed E-state index contributed by atoms with van der Waals surface area (Å²) in [5.74, 6) is 0.829. The Kier molecular flexibility index (Phi) is 5.17. The average Bonchev–Trinajstić information content (AvgIpc) is 2.44. The summed E-state index contributed by atoms with van der Waals surface area (Å²) in [7, 11) is 4.29. The molecule has 1 aliphatic rings. The van der Waals surface area contributed by atoms with Crippen LogP contribution in [-0.4, -0.2) is 53.6 Å². The van der Waals surface area contributed by atoms with Gasteiger partial charge in [-0.2, -0.15) is 0 Å². The van der Waals surface area contributed by atoms with Gasteiger partial charge >= 0.3 is 0 Å². The molecule has 1 N–H and O–H groups in total. The molecule has 2 heterocycles. The van der Waals surface area contributed by atoms with E-state index in [1.165, 1.54) is 19.4 Å². The second kappa shape index (κ2) is 6.71. The molecule has 5 nitrogen and oxygen atoms in total. The van der Waals surface area contributed by atoms with E-state index in [1.807, 2.05) is 12.4 Å². The minimum atomic E-state index is 0.113. The van der Waals surface area contributed by atoms with E-state index in [2.05, 4.69) is 60.0 Å². The number of likely N-dealkylation sites (tertiary alicyclic amines) is 1. The molecular weight excluding hydrogens is 262 g/mol. The van der Waals surface area contributed by atoms with Crippen molar-refractivity contribution in [3.05, 3.63) is 18.0 Å². The van der Waals surface area contributed by atoms with Crippen molar-refractivity contribution in [1.82, 2.24) is 20.2 Å². The summed E-state index contributed by atoms with van der Waals surface area (Å²) in [5.41, 5.74) is 1.24. The topological polar surface area (TPSA) is 44.3 Å².